The van der Waals surface area contributed by atoms with E-state index >= 15 is 0 Å². The fourth-order valence-corrected chi connectivity index (χ4v) is 6.21. The van der Waals surface area contributed by atoms with Gasteiger partial charge in [0.25, 0.3) is 5.91 Å². The Bertz CT molecular complexity index is 1240. The predicted octanol–water partition coefficient (Wildman–Crippen LogP) is 3.43. The van der Waals surface area contributed by atoms with Crippen LogP contribution in [0.1, 0.15) is 37.2 Å². The molecule has 0 bridgehead atoms. The zero-order valence-corrected chi connectivity index (χ0v) is 20.6. The minimum absolute atomic E-state index is 0.166. The van der Waals surface area contributed by atoms with Gasteiger partial charge in [-0.1, -0.05) is 13.8 Å². The largest absolute Gasteiger partial charge is 0.370 e. The first-order valence-corrected chi connectivity index (χ1v) is 13.3. The van der Waals surface area contributed by atoms with Crippen LogP contribution in [-0.4, -0.2) is 59.6 Å². The summed E-state index contributed by atoms with van der Waals surface area (Å²) in [6.07, 6.45) is 5.67. The summed E-state index contributed by atoms with van der Waals surface area (Å²) < 4.78 is 29.2. The summed E-state index contributed by atoms with van der Waals surface area (Å²) in [5.41, 5.74) is 2.42. The van der Waals surface area contributed by atoms with Crippen molar-refractivity contribution in [2.24, 2.45) is 7.05 Å². The third-order valence-corrected chi connectivity index (χ3v) is 8.63. The highest BCUT2D eigenvalue weighted by Gasteiger charge is 2.25. The van der Waals surface area contributed by atoms with Crippen molar-refractivity contribution in [2.45, 2.75) is 31.6 Å². The number of carbonyl (C=O) groups is 1. The van der Waals surface area contributed by atoms with Gasteiger partial charge < -0.3 is 10.2 Å². The lowest BCUT2D eigenvalue weighted by atomic mass is 10.2. The molecule has 4 rings (SSSR count). The van der Waals surface area contributed by atoms with Crippen LogP contribution in [0.15, 0.2) is 40.9 Å². The van der Waals surface area contributed by atoms with E-state index in [0.29, 0.717) is 23.8 Å². The Morgan fingerprint density at radius 1 is 1.21 bits per heavy atom. The number of anilines is 2. The molecule has 176 valence electrons. The molecule has 3 aromatic rings. The number of hydrogen-bond donors (Lipinski definition) is 1. The van der Waals surface area contributed by atoms with E-state index in [4.69, 9.17) is 0 Å². The lowest BCUT2D eigenvalue weighted by Crippen LogP contribution is -2.31. The van der Waals surface area contributed by atoms with E-state index in [-0.39, 0.29) is 16.5 Å². The highest BCUT2D eigenvalue weighted by Crippen LogP contribution is 2.33. The maximum absolute atomic E-state index is 13.1. The van der Waals surface area contributed by atoms with E-state index in [9.17, 15) is 13.2 Å². The number of aromatic nitrogens is 3. The Kier molecular flexibility index (Phi) is 6.82. The highest BCUT2D eigenvalue weighted by molar-refractivity contribution is 7.89. The van der Waals surface area contributed by atoms with Gasteiger partial charge in [-0.25, -0.2) is 13.4 Å². The first kappa shape index (κ1) is 23.4. The molecule has 1 fully saturated rings. The van der Waals surface area contributed by atoms with Crippen LogP contribution >= 0.6 is 11.3 Å². The first-order chi connectivity index (χ1) is 15.8. The number of carbonyl (C=O) groups excluding carboxylic acids is 1. The van der Waals surface area contributed by atoms with Crippen molar-refractivity contribution < 1.29 is 13.2 Å². The van der Waals surface area contributed by atoms with Crippen LogP contribution in [0.25, 0.3) is 10.6 Å². The second-order valence-electron chi connectivity index (χ2n) is 7.86. The molecule has 9 nitrogen and oxygen atoms in total. The Labute approximate surface area is 198 Å². The van der Waals surface area contributed by atoms with Gasteiger partial charge in [-0.2, -0.15) is 9.40 Å². The lowest BCUT2D eigenvalue weighted by Gasteiger charge is -2.24. The summed E-state index contributed by atoms with van der Waals surface area (Å²) in [6.45, 7) is 6.11. The topological polar surface area (TPSA) is 100 Å². The van der Waals surface area contributed by atoms with E-state index in [1.54, 1.807) is 34.5 Å². The van der Waals surface area contributed by atoms with Gasteiger partial charge in [-0.05, 0) is 31.0 Å². The second-order valence-corrected chi connectivity index (χ2v) is 10.7. The molecule has 0 saturated carbocycles. The SMILES string of the molecule is CCN(CC)S(=O)(=O)c1ccc(N2CCCC2)c(NC(=O)c2csc(-c3cnn(C)c3)n2)c1. The average Bonchev–Trinajstić information content (AvgIpc) is 3.56. The van der Waals surface area contributed by atoms with Crippen molar-refractivity contribution in [3.8, 4) is 10.6 Å². The van der Waals surface area contributed by atoms with Crippen molar-refractivity contribution in [1.82, 2.24) is 19.1 Å². The number of hydrogen-bond acceptors (Lipinski definition) is 7. The van der Waals surface area contributed by atoms with Crippen molar-refractivity contribution >= 4 is 38.6 Å². The van der Waals surface area contributed by atoms with Crippen LogP contribution in [0.3, 0.4) is 0 Å². The number of aryl methyl sites for hydroxylation is 1. The minimum atomic E-state index is -3.65. The molecule has 1 aromatic carbocycles. The number of nitrogens with one attached hydrogen (secondary N) is 1. The highest BCUT2D eigenvalue weighted by atomic mass is 32.2. The van der Waals surface area contributed by atoms with Gasteiger partial charge in [-0.3, -0.25) is 9.48 Å². The van der Waals surface area contributed by atoms with Crippen molar-refractivity contribution in [3.05, 3.63) is 41.7 Å². The molecule has 0 atom stereocenters. The fraction of sp³-hybridized carbons (Fsp3) is 0.409. The molecule has 1 aliphatic rings. The Hall–Kier alpha value is -2.76. The fourth-order valence-electron chi connectivity index (χ4n) is 3.95. The van der Waals surface area contributed by atoms with Crippen LogP contribution in [0.4, 0.5) is 11.4 Å². The molecular formula is C22H28N6O3S2. The predicted molar refractivity (Wildman–Crippen MR) is 130 cm³/mol. The van der Waals surface area contributed by atoms with Crippen LogP contribution in [-0.2, 0) is 17.1 Å². The maximum atomic E-state index is 13.1. The Morgan fingerprint density at radius 3 is 2.58 bits per heavy atom. The first-order valence-electron chi connectivity index (χ1n) is 11.0. The van der Waals surface area contributed by atoms with Crippen LogP contribution in [0.2, 0.25) is 0 Å². The van der Waals surface area contributed by atoms with Gasteiger partial charge in [0.05, 0.1) is 22.5 Å². The molecule has 1 N–H and O–H groups in total. The number of thiazole rings is 1. The molecule has 0 unspecified atom stereocenters. The molecule has 11 heteroatoms. The summed E-state index contributed by atoms with van der Waals surface area (Å²) in [6, 6.07) is 4.98. The molecule has 1 amide bonds. The van der Waals surface area contributed by atoms with E-state index in [2.05, 4.69) is 20.3 Å². The minimum Gasteiger partial charge on any atom is -0.370 e. The van der Waals surface area contributed by atoms with Gasteiger partial charge in [0, 0.05) is 50.4 Å². The molecule has 2 aromatic heterocycles. The number of amides is 1. The third-order valence-electron chi connectivity index (χ3n) is 5.69. The molecule has 1 saturated heterocycles. The Morgan fingerprint density at radius 2 is 1.94 bits per heavy atom. The van der Waals surface area contributed by atoms with Gasteiger partial charge in [0.2, 0.25) is 10.0 Å². The van der Waals surface area contributed by atoms with Crippen LogP contribution in [0.5, 0.6) is 0 Å². The molecule has 0 radical (unpaired) electrons. The zero-order valence-electron chi connectivity index (χ0n) is 19.0. The van der Waals surface area contributed by atoms with Crippen molar-refractivity contribution in [1.29, 1.82) is 0 Å². The standard InChI is InChI=1S/C22H28N6O3S2/c1-4-28(5-2)33(30,31)17-8-9-20(27-10-6-7-11-27)18(12-17)24-21(29)19-15-32-22(25-19)16-13-23-26(3)14-16/h8-9,12-15H,4-7,10-11H2,1-3H3,(H,24,29). The monoisotopic (exact) mass is 488 g/mol. The maximum Gasteiger partial charge on any atom is 0.275 e. The summed E-state index contributed by atoms with van der Waals surface area (Å²) >= 11 is 1.36. The quantitative estimate of drug-likeness (QED) is 0.521. The molecule has 0 aliphatic carbocycles. The van der Waals surface area contributed by atoms with Gasteiger partial charge in [0.15, 0.2) is 0 Å². The number of sulfonamides is 1. The molecule has 0 spiro atoms. The number of rotatable bonds is 8. The van der Waals surface area contributed by atoms with Crippen molar-refractivity contribution in [2.75, 3.05) is 36.4 Å². The lowest BCUT2D eigenvalue weighted by molar-refractivity contribution is 0.102. The number of nitrogens with zero attached hydrogens (tertiary/aromatic N) is 5. The van der Waals surface area contributed by atoms with Crippen molar-refractivity contribution in [3.63, 3.8) is 0 Å². The van der Waals surface area contributed by atoms with E-state index in [1.807, 2.05) is 27.1 Å². The normalized spacial score (nSPS) is 14.2. The van der Waals surface area contributed by atoms with E-state index in [1.165, 1.54) is 15.6 Å². The van der Waals surface area contributed by atoms with E-state index < -0.39 is 10.0 Å². The van der Waals surface area contributed by atoms with Gasteiger partial charge >= 0.3 is 0 Å². The summed E-state index contributed by atoms with van der Waals surface area (Å²) in [5.74, 6) is -0.376. The number of benzene rings is 1. The van der Waals surface area contributed by atoms with Gasteiger partial charge in [-0.15, -0.1) is 11.3 Å². The zero-order chi connectivity index (χ0) is 23.6. The summed E-state index contributed by atoms with van der Waals surface area (Å²) in [4.78, 5) is 19.9. The van der Waals surface area contributed by atoms with Gasteiger partial charge in [0.1, 0.15) is 10.7 Å². The summed E-state index contributed by atoms with van der Waals surface area (Å²) in [7, 11) is -1.83. The third kappa shape index (κ3) is 4.80. The molecule has 3 heterocycles. The molecule has 33 heavy (non-hydrogen) atoms. The van der Waals surface area contributed by atoms with E-state index in [0.717, 1.165) is 37.2 Å². The smallest absolute Gasteiger partial charge is 0.275 e. The average molecular weight is 489 g/mol. The molecular weight excluding hydrogens is 460 g/mol. The molecule has 1 aliphatic heterocycles. The summed E-state index contributed by atoms with van der Waals surface area (Å²) in [5, 5.41) is 9.47. The second kappa shape index (κ2) is 9.62. The Balaban J connectivity index is 1.66. The van der Waals surface area contributed by atoms with Crippen LogP contribution < -0.4 is 10.2 Å². The van der Waals surface area contributed by atoms with Crippen LogP contribution in [0, 0.1) is 0 Å².